The molecule has 0 bridgehead atoms. The Morgan fingerprint density at radius 3 is 2.96 bits per heavy atom. The van der Waals surface area contributed by atoms with Gasteiger partial charge in [0.05, 0.1) is 5.69 Å². The van der Waals surface area contributed by atoms with Crippen molar-refractivity contribution in [3.8, 4) is 5.75 Å². The molecule has 0 radical (unpaired) electrons. The summed E-state index contributed by atoms with van der Waals surface area (Å²) in [6, 6.07) is 7.50. The number of benzene rings is 1. The molecular weight excluding hydrogens is 326 g/mol. The second-order valence-electron chi connectivity index (χ2n) is 6.52. The fraction of sp³-hybridized carbons (Fsp3) is 0.444. The summed E-state index contributed by atoms with van der Waals surface area (Å²) in [5.41, 5.74) is 3.13. The van der Waals surface area contributed by atoms with Gasteiger partial charge in [0.25, 0.3) is 5.91 Å². The van der Waals surface area contributed by atoms with Crippen LogP contribution in [0.5, 0.6) is 5.75 Å². The standard InChI is InChI=1S/C18H22ClN3O2/c1-11(10-22-13(3)6-12(2)21-22)9-20-18(23)17-8-14-7-15(19)4-5-16(14)24-17/h4-7,11,17H,8-10H2,1-3H3,(H,20,23)/t11-,17+/m0/s1. The van der Waals surface area contributed by atoms with Gasteiger partial charge in [-0.1, -0.05) is 18.5 Å². The summed E-state index contributed by atoms with van der Waals surface area (Å²) in [5.74, 6) is 0.947. The molecule has 0 fully saturated rings. The molecule has 1 aliphatic rings. The molecule has 0 unspecified atom stereocenters. The second kappa shape index (κ2) is 6.85. The maximum atomic E-state index is 12.3. The van der Waals surface area contributed by atoms with Gasteiger partial charge in [-0.05, 0) is 49.6 Å². The zero-order valence-electron chi connectivity index (χ0n) is 14.2. The third kappa shape index (κ3) is 3.73. The summed E-state index contributed by atoms with van der Waals surface area (Å²) in [6.07, 6.45) is 0.0902. The number of hydrogen-bond donors (Lipinski definition) is 1. The number of aromatic nitrogens is 2. The molecule has 1 aliphatic heterocycles. The number of hydrogen-bond acceptors (Lipinski definition) is 3. The topological polar surface area (TPSA) is 56.2 Å². The molecule has 0 saturated heterocycles. The molecular formula is C18H22ClN3O2. The van der Waals surface area contributed by atoms with Gasteiger partial charge in [0, 0.05) is 30.2 Å². The molecule has 0 saturated carbocycles. The summed E-state index contributed by atoms with van der Waals surface area (Å²) >= 11 is 5.98. The van der Waals surface area contributed by atoms with E-state index in [1.165, 1.54) is 0 Å². The van der Waals surface area contributed by atoms with Crippen molar-refractivity contribution in [2.45, 2.75) is 39.8 Å². The molecule has 1 aromatic heterocycles. The summed E-state index contributed by atoms with van der Waals surface area (Å²) in [4.78, 5) is 12.3. The van der Waals surface area contributed by atoms with Crippen molar-refractivity contribution in [3.05, 3.63) is 46.2 Å². The lowest BCUT2D eigenvalue weighted by molar-refractivity contribution is -0.127. The van der Waals surface area contributed by atoms with E-state index >= 15 is 0 Å². The van der Waals surface area contributed by atoms with Crippen molar-refractivity contribution < 1.29 is 9.53 Å². The summed E-state index contributed by atoms with van der Waals surface area (Å²) in [6.45, 7) is 7.49. The van der Waals surface area contributed by atoms with E-state index in [4.69, 9.17) is 16.3 Å². The minimum absolute atomic E-state index is 0.0810. The highest BCUT2D eigenvalue weighted by atomic mass is 35.5. The molecule has 3 rings (SSSR count). The molecule has 2 atom stereocenters. The van der Waals surface area contributed by atoms with Crippen LogP contribution in [0.25, 0.3) is 0 Å². The first-order valence-electron chi connectivity index (χ1n) is 8.16. The lowest BCUT2D eigenvalue weighted by Crippen LogP contribution is -2.40. The normalized spacial score (nSPS) is 17.2. The average Bonchev–Trinajstić information content (AvgIpc) is 3.07. The Morgan fingerprint density at radius 1 is 1.46 bits per heavy atom. The molecule has 1 N–H and O–H groups in total. The molecule has 2 aromatic rings. The summed E-state index contributed by atoms with van der Waals surface area (Å²) < 4.78 is 7.69. The van der Waals surface area contributed by atoms with Gasteiger partial charge in [0.1, 0.15) is 5.75 Å². The zero-order valence-corrected chi connectivity index (χ0v) is 14.9. The highest BCUT2D eigenvalue weighted by Crippen LogP contribution is 2.31. The Labute approximate surface area is 147 Å². The first-order chi connectivity index (χ1) is 11.4. The second-order valence-corrected chi connectivity index (χ2v) is 6.96. The fourth-order valence-electron chi connectivity index (χ4n) is 2.97. The molecule has 5 nitrogen and oxygen atoms in total. The predicted molar refractivity (Wildman–Crippen MR) is 93.4 cm³/mol. The Balaban J connectivity index is 1.50. The van der Waals surface area contributed by atoms with E-state index < -0.39 is 6.10 Å². The van der Waals surface area contributed by atoms with Crippen LogP contribution in [0.15, 0.2) is 24.3 Å². The van der Waals surface area contributed by atoms with Crippen LogP contribution in [0.3, 0.4) is 0 Å². The quantitative estimate of drug-likeness (QED) is 0.904. The molecule has 0 aliphatic carbocycles. The van der Waals surface area contributed by atoms with Crippen LogP contribution in [0, 0.1) is 19.8 Å². The Kier molecular flexibility index (Phi) is 4.81. The van der Waals surface area contributed by atoms with E-state index in [9.17, 15) is 4.79 Å². The third-order valence-electron chi connectivity index (χ3n) is 4.20. The monoisotopic (exact) mass is 347 g/mol. The number of carbonyl (C=O) groups is 1. The molecule has 0 spiro atoms. The van der Waals surface area contributed by atoms with Crippen molar-refractivity contribution in [3.63, 3.8) is 0 Å². The molecule has 1 amide bonds. The van der Waals surface area contributed by atoms with Crippen LogP contribution < -0.4 is 10.1 Å². The third-order valence-corrected chi connectivity index (χ3v) is 4.44. The highest BCUT2D eigenvalue weighted by Gasteiger charge is 2.29. The van der Waals surface area contributed by atoms with Crippen molar-refractivity contribution in [1.82, 2.24) is 15.1 Å². The van der Waals surface area contributed by atoms with E-state index in [0.29, 0.717) is 18.0 Å². The Bertz CT molecular complexity index is 757. The van der Waals surface area contributed by atoms with Crippen molar-refractivity contribution in [2.24, 2.45) is 5.92 Å². The number of amides is 1. The number of nitrogens with one attached hydrogen (secondary N) is 1. The van der Waals surface area contributed by atoms with Gasteiger partial charge < -0.3 is 10.1 Å². The number of halogens is 1. The van der Waals surface area contributed by atoms with Gasteiger partial charge >= 0.3 is 0 Å². The van der Waals surface area contributed by atoms with Crippen LogP contribution in [0.4, 0.5) is 0 Å². The molecule has 128 valence electrons. The average molecular weight is 348 g/mol. The van der Waals surface area contributed by atoms with E-state index in [-0.39, 0.29) is 11.8 Å². The number of rotatable bonds is 5. The van der Waals surface area contributed by atoms with Crippen LogP contribution in [0.1, 0.15) is 23.9 Å². The lowest BCUT2D eigenvalue weighted by atomic mass is 10.1. The first-order valence-corrected chi connectivity index (χ1v) is 8.54. The summed E-state index contributed by atoms with van der Waals surface area (Å²) in [5, 5.41) is 8.10. The van der Waals surface area contributed by atoms with Crippen molar-refractivity contribution >= 4 is 17.5 Å². The SMILES string of the molecule is Cc1cc(C)n(C[C@@H](C)CNC(=O)[C@H]2Cc3cc(Cl)ccc3O2)n1. The number of aryl methyl sites for hydroxylation is 2. The predicted octanol–water partition coefficient (Wildman–Crippen LogP) is 2.91. The Morgan fingerprint density at radius 2 is 2.25 bits per heavy atom. The number of carbonyl (C=O) groups excluding carboxylic acids is 1. The molecule has 2 heterocycles. The van der Waals surface area contributed by atoms with Gasteiger partial charge in [0.15, 0.2) is 6.10 Å². The minimum Gasteiger partial charge on any atom is -0.480 e. The van der Waals surface area contributed by atoms with Crippen molar-refractivity contribution in [2.75, 3.05) is 6.54 Å². The lowest BCUT2D eigenvalue weighted by Gasteiger charge is -2.16. The molecule has 6 heteroatoms. The van der Waals surface area contributed by atoms with Gasteiger partial charge in [-0.15, -0.1) is 0 Å². The highest BCUT2D eigenvalue weighted by molar-refractivity contribution is 6.30. The smallest absolute Gasteiger partial charge is 0.261 e. The largest absolute Gasteiger partial charge is 0.480 e. The first kappa shape index (κ1) is 16.8. The minimum atomic E-state index is -0.473. The maximum Gasteiger partial charge on any atom is 0.261 e. The van der Waals surface area contributed by atoms with Gasteiger partial charge in [-0.2, -0.15) is 5.10 Å². The van der Waals surface area contributed by atoms with E-state index in [2.05, 4.69) is 23.4 Å². The van der Waals surface area contributed by atoms with E-state index in [0.717, 1.165) is 29.2 Å². The summed E-state index contributed by atoms with van der Waals surface area (Å²) in [7, 11) is 0. The van der Waals surface area contributed by atoms with E-state index in [1.807, 2.05) is 30.7 Å². The number of ether oxygens (including phenoxy) is 1. The zero-order chi connectivity index (χ0) is 17.3. The molecule has 24 heavy (non-hydrogen) atoms. The Hall–Kier alpha value is -2.01. The maximum absolute atomic E-state index is 12.3. The van der Waals surface area contributed by atoms with Crippen LogP contribution >= 0.6 is 11.6 Å². The fourth-order valence-corrected chi connectivity index (χ4v) is 3.17. The van der Waals surface area contributed by atoms with Crippen LogP contribution in [-0.2, 0) is 17.8 Å². The van der Waals surface area contributed by atoms with Crippen LogP contribution in [0.2, 0.25) is 5.02 Å². The number of nitrogens with zero attached hydrogens (tertiary/aromatic N) is 2. The van der Waals surface area contributed by atoms with Gasteiger partial charge in [0.2, 0.25) is 0 Å². The number of fused-ring (bicyclic) bond motifs is 1. The molecule has 1 aromatic carbocycles. The van der Waals surface area contributed by atoms with Gasteiger partial charge in [-0.25, -0.2) is 0 Å². The van der Waals surface area contributed by atoms with Crippen molar-refractivity contribution in [1.29, 1.82) is 0 Å². The van der Waals surface area contributed by atoms with E-state index in [1.54, 1.807) is 6.07 Å². The van der Waals surface area contributed by atoms with Crippen LogP contribution in [-0.4, -0.2) is 28.3 Å². The van der Waals surface area contributed by atoms with Gasteiger partial charge in [-0.3, -0.25) is 9.48 Å².